The van der Waals surface area contributed by atoms with E-state index in [9.17, 15) is 9.90 Å². The van der Waals surface area contributed by atoms with Crippen LogP contribution in [0.4, 0.5) is 0 Å². The van der Waals surface area contributed by atoms with Crippen LogP contribution in [-0.4, -0.2) is 92.5 Å². The van der Waals surface area contributed by atoms with E-state index >= 15 is 0 Å². The van der Waals surface area contributed by atoms with E-state index < -0.39 is 6.10 Å². The van der Waals surface area contributed by atoms with Gasteiger partial charge in [0.15, 0.2) is 34.9 Å². The highest BCUT2D eigenvalue weighted by molar-refractivity contribution is 5.98. The molecular weight excluding hydrogens is 556 g/mol. The van der Waals surface area contributed by atoms with Crippen LogP contribution in [0.5, 0.6) is 23.0 Å². The van der Waals surface area contributed by atoms with Crippen molar-refractivity contribution < 1.29 is 28.8 Å². The van der Waals surface area contributed by atoms with E-state index in [0.717, 1.165) is 61.8 Å². The van der Waals surface area contributed by atoms with Gasteiger partial charge in [0.2, 0.25) is 0 Å². The Balaban J connectivity index is 0.000000123. The molecule has 4 aliphatic carbocycles. The Morgan fingerprint density at radius 2 is 1.36 bits per heavy atom. The molecule has 10 rings (SSSR count). The fourth-order valence-electron chi connectivity index (χ4n) is 10.6. The Morgan fingerprint density at radius 1 is 0.795 bits per heavy atom. The van der Waals surface area contributed by atoms with Crippen LogP contribution in [0, 0.1) is 11.8 Å². The Labute approximate surface area is 258 Å². The lowest BCUT2D eigenvalue weighted by atomic mass is 9.53. The van der Waals surface area contributed by atoms with Crippen LogP contribution in [0.2, 0.25) is 0 Å². The third-order valence-electron chi connectivity index (χ3n) is 12.6. The summed E-state index contributed by atoms with van der Waals surface area (Å²) in [5.41, 5.74) is 5.00. The van der Waals surface area contributed by atoms with Crippen LogP contribution in [0.3, 0.4) is 0 Å². The number of aliphatic hydroxyl groups excluding tert-OH is 1. The number of methoxy groups -OCH3 is 2. The second-order valence-corrected chi connectivity index (χ2v) is 14.1. The molecule has 0 aromatic heterocycles. The first-order valence-corrected chi connectivity index (χ1v) is 16.1. The van der Waals surface area contributed by atoms with E-state index in [1.165, 1.54) is 22.3 Å². The average Bonchev–Trinajstić information content (AvgIpc) is 3.57. The molecule has 4 bridgehead atoms. The van der Waals surface area contributed by atoms with E-state index in [4.69, 9.17) is 18.9 Å². The van der Waals surface area contributed by atoms with E-state index in [0.29, 0.717) is 23.9 Å². The highest BCUT2D eigenvalue weighted by Crippen LogP contribution is 2.63. The molecule has 0 amide bonds. The van der Waals surface area contributed by atoms with Crippen molar-refractivity contribution in [1.82, 2.24) is 9.80 Å². The Bertz CT molecular complexity index is 1650. The molecule has 8 heteroatoms. The molecule has 8 nitrogen and oxygen atoms in total. The van der Waals surface area contributed by atoms with Crippen LogP contribution in [-0.2, 0) is 28.5 Å². The van der Waals surface area contributed by atoms with Crippen molar-refractivity contribution in [2.45, 2.75) is 66.9 Å². The number of hydrogen-bond acceptors (Lipinski definition) is 8. The number of aliphatic hydroxyl groups is 1. The lowest BCUT2D eigenvalue weighted by Gasteiger charge is -2.56. The zero-order chi connectivity index (χ0) is 30.1. The van der Waals surface area contributed by atoms with Crippen molar-refractivity contribution in [3.05, 3.63) is 70.8 Å². The number of rotatable bonds is 2. The summed E-state index contributed by atoms with van der Waals surface area (Å²) in [5.74, 6) is 4.12. The topological polar surface area (TPSA) is 80.7 Å². The molecule has 2 aromatic carbocycles. The number of benzene rings is 2. The van der Waals surface area contributed by atoms with Crippen LogP contribution >= 0.6 is 0 Å². The molecule has 44 heavy (non-hydrogen) atoms. The molecule has 4 aliphatic heterocycles. The van der Waals surface area contributed by atoms with Crippen molar-refractivity contribution >= 4 is 5.78 Å². The zero-order valence-electron chi connectivity index (χ0n) is 25.8. The third-order valence-corrected chi connectivity index (χ3v) is 12.6. The Morgan fingerprint density at radius 3 is 2.00 bits per heavy atom. The molecule has 8 aliphatic rings. The second kappa shape index (κ2) is 9.12. The minimum atomic E-state index is -0.539. The summed E-state index contributed by atoms with van der Waals surface area (Å²) in [6, 6.07) is 9.30. The van der Waals surface area contributed by atoms with Gasteiger partial charge in [-0.05, 0) is 82.2 Å². The van der Waals surface area contributed by atoms with E-state index in [1.54, 1.807) is 20.3 Å². The van der Waals surface area contributed by atoms with Gasteiger partial charge in [-0.1, -0.05) is 30.4 Å². The smallest absolute Gasteiger partial charge is 0.196 e. The Kier molecular flexibility index (Phi) is 5.60. The van der Waals surface area contributed by atoms with E-state index in [-0.39, 0.29) is 28.8 Å². The molecule has 2 saturated heterocycles. The van der Waals surface area contributed by atoms with Gasteiger partial charge in [-0.3, -0.25) is 4.79 Å². The lowest BCUT2D eigenvalue weighted by molar-refractivity contribution is -0.127. The van der Waals surface area contributed by atoms with Gasteiger partial charge < -0.3 is 33.9 Å². The molecule has 0 unspecified atom stereocenters. The molecule has 0 radical (unpaired) electrons. The maximum Gasteiger partial charge on any atom is 0.196 e. The summed E-state index contributed by atoms with van der Waals surface area (Å²) in [6.45, 7) is 2.07. The van der Waals surface area contributed by atoms with Crippen molar-refractivity contribution in [2.24, 2.45) is 11.8 Å². The first kappa shape index (κ1) is 27.0. The van der Waals surface area contributed by atoms with Crippen molar-refractivity contribution in [3.8, 4) is 23.0 Å². The fourth-order valence-corrected chi connectivity index (χ4v) is 10.6. The van der Waals surface area contributed by atoms with Gasteiger partial charge in [-0.2, -0.15) is 0 Å². The number of carbonyl (C=O) groups excluding carboxylic acids is 1. The summed E-state index contributed by atoms with van der Waals surface area (Å²) < 4.78 is 23.5. The standard InChI is InChI=1S/C18H21NO3.C18H19NO3/c2*1-19-8-7-18-11-4-5-13(20)17(18)22-16-14(21-2)6-3-10(15(16)18)9-12(11)19/h3-6,11-13,17,20H,7-9H2,1-2H3;3-6,11-12,17H,7-9H2,1-2H3/t11-,12+,13-,17-,18-;11-,12+,17-,18-/m00/s1. The normalized spacial score (nSPS) is 39.4. The highest BCUT2D eigenvalue weighted by atomic mass is 16.5. The summed E-state index contributed by atoms with van der Waals surface area (Å²) in [5, 5.41) is 10.6. The molecule has 0 saturated carbocycles. The maximum absolute atomic E-state index is 12.5. The molecule has 9 atom stereocenters. The van der Waals surface area contributed by atoms with Crippen LogP contribution in [0.15, 0.2) is 48.6 Å². The maximum atomic E-state index is 12.5. The van der Waals surface area contributed by atoms with E-state index in [1.807, 2.05) is 18.2 Å². The van der Waals surface area contributed by atoms with Gasteiger partial charge in [-0.25, -0.2) is 0 Å². The van der Waals surface area contributed by atoms with Gasteiger partial charge in [0.05, 0.1) is 19.6 Å². The molecule has 2 aromatic rings. The lowest BCUT2D eigenvalue weighted by Crippen LogP contribution is -2.64. The predicted molar refractivity (Wildman–Crippen MR) is 164 cm³/mol. The minimum Gasteiger partial charge on any atom is -0.493 e. The average molecular weight is 597 g/mol. The summed E-state index contributed by atoms with van der Waals surface area (Å²) in [7, 11) is 7.77. The summed E-state index contributed by atoms with van der Waals surface area (Å²) >= 11 is 0. The SMILES string of the molecule is COc1ccc2c3c1O[C@H]1C(=O)C=C[C@H]4[C@@H](C2)N(C)CC[C@]314.COc1ccc2c3c1O[C@H]1[C@@H](O)C=C[C@H]4[C@@H](C2)N(C)CC[C@@]341. The highest BCUT2D eigenvalue weighted by Gasteiger charge is 2.65. The van der Waals surface area contributed by atoms with Crippen molar-refractivity contribution in [2.75, 3.05) is 41.4 Å². The van der Waals surface area contributed by atoms with Gasteiger partial charge in [0.1, 0.15) is 12.2 Å². The number of hydrogen-bond donors (Lipinski definition) is 1. The number of likely N-dealkylation sites (N-methyl/N-ethyl adjacent to an activating group) is 2. The number of likely N-dealkylation sites (tertiary alicyclic amines) is 2. The molecule has 2 spiro atoms. The largest absolute Gasteiger partial charge is 0.493 e. The molecule has 230 valence electrons. The summed E-state index contributed by atoms with van der Waals surface area (Å²) in [4.78, 5) is 17.5. The number of carbonyl (C=O) groups is 1. The minimum absolute atomic E-state index is 0.0806. The number of nitrogens with zero attached hydrogens (tertiary/aromatic N) is 2. The van der Waals surface area contributed by atoms with Crippen molar-refractivity contribution in [3.63, 3.8) is 0 Å². The van der Waals surface area contributed by atoms with Gasteiger partial charge in [0.25, 0.3) is 0 Å². The first-order valence-electron chi connectivity index (χ1n) is 16.1. The number of ether oxygens (including phenoxy) is 4. The van der Waals surface area contributed by atoms with Crippen molar-refractivity contribution in [1.29, 1.82) is 0 Å². The first-order chi connectivity index (χ1) is 21.3. The quantitative estimate of drug-likeness (QED) is 0.530. The third kappa shape index (κ3) is 3.12. The monoisotopic (exact) mass is 596 g/mol. The van der Waals surface area contributed by atoms with Gasteiger partial charge >= 0.3 is 0 Å². The van der Waals surface area contributed by atoms with Crippen LogP contribution in [0.1, 0.15) is 35.1 Å². The van der Waals surface area contributed by atoms with Crippen LogP contribution in [0.25, 0.3) is 0 Å². The number of ketones is 1. The molecule has 2 fully saturated rings. The van der Waals surface area contributed by atoms with Crippen LogP contribution < -0.4 is 18.9 Å². The predicted octanol–water partition coefficient (Wildman–Crippen LogP) is 3.21. The Hall–Kier alpha value is -3.33. The van der Waals surface area contributed by atoms with E-state index in [2.05, 4.69) is 48.2 Å². The second-order valence-electron chi connectivity index (χ2n) is 14.1. The van der Waals surface area contributed by atoms with Gasteiger partial charge in [0, 0.05) is 40.5 Å². The molecular formula is C36H40N2O6. The van der Waals surface area contributed by atoms with Gasteiger partial charge in [-0.15, -0.1) is 0 Å². The zero-order valence-corrected chi connectivity index (χ0v) is 25.8. The fraction of sp³-hybridized carbons (Fsp3) is 0.528. The number of piperidine rings is 2. The summed E-state index contributed by atoms with van der Waals surface area (Å²) in [6.07, 6.45) is 11.0. The molecule has 4 heterocycles. The molecule has 1 N–H and O–H groups in total.